The number of amides is 3. The standard InChI is InChI=1S/C20H28N4O9/c21-12(8-11-4-2-1-3-5-11)17(29)23-14(9-25)19(31)22-13(6-7-16(27)28)18(30)24-15(10-26)20(32)33/h1-5,12-15,25-26H,6-10,21H2,(H,22,31)(H,23,29)(H,24,30)(H,27,28)(H,32,33). The van der Waals surface area contributed by atoms with Crippen LogP contribution in [0.1, 0.15) is 18.4 Å². The smallest absolute Gasteiger partial charge is 0.328 e. The third kappa shape index (κ3) is 9.64. The second kappa shape index (κ2) is 13.8. The maximum atomic E-state index is 12.5. The number of carboxylic acids is 2. The van der Waals surface area contributed by atoms with Crippen LogP contribution in [-0.4, -0.2) is 87.5 Å². The highest BCUT2D eigenvalue weighted by Crippen LogP contribution is 2.03. The lowest BCUT2D eigenvalue weighted by atomic mass is 10.1. The number of carbonyl (C=O) groups is 5. The summed E-state index contributed by atoms with van der Waals surface area (Å²) in [7, 11) is 0. The molecule has 0 aliphatic carbocycles. The second-order valence-electron chi connectivity index (χ2n) is 7.12. The van der Waals surface area contributed by atoms with Crippen molar-refractivity contribution >= 4 is 29.7 Å². The van der Waals surface area contributed by atoms with Crippen molar-refractivity contribution in [1.82, 2.24) is 16.0 Å². The molecule has 3 amide bonds. The monoisotopic (exact) mass is 468 g/mol. The van der Waals surface area contributed by atoms with Gasteiger partial charge in [-0.05, 0) is 18.4 Å². The van der Waals surface area contributed by atoms with Crippen LogP contribution in [-0.2, 0) is 30.4 Å². The van der Waals surface area contributed by atoms with Crippen molar-refractivity contribution in [2.24, 2.45) is 5.73 Å². The van der Waals surface area contributed by atoms with Crippen LogP contribution in [0.5, 0.6) is 0 Å². The zero-order valence-electron chi connectivity index (χ0n) is 17.6. The molecule has 0 heterocycles. The first-order valence-electron chi connectivity index (χ1n) is 9.96. The van der Waals surface area contributed by atoms with Crippen LogP contribution in [0, 0.1) is 0 Å². The van der Waals surface area contributed by atoms with E-state index in [1.807, 2.05) is 5.32 Å². The molecule has 182 valence electrons. The van der Waals surface area contributed by atoms with Gasteiger partial charge in [-0.25, -0.2) is 4.79 Å². The number of hydrogen-bond acceptors (Lipinski definition) is 8. The summed E-state index contributed by atoms with van der Waals surface area (Å²) >= 11 is 0. The molecule has 0 saturated carbocycles. The van der Waals surface area contributed by atoms with E-state index in [4.69, 9.17) is 21.1 Å². The fraction of sp³-hybridized carbons (Fsp3) is 0.450. The van der Waals surface area contributed by atoms with Gasteiger partial charge >= 0.3 is 11.9 Å². The molecule has 0 aromatic heterocycles. The number of aliphatic hydroxyl groups is 2. The van der Waals surface area contributed by atoms with Gasteiger partial charge in [0.2, 0.25) is 17.7 Å². The Kier molecular flexibility index (Phi) is 11.5. The molecule has 1 aromatic carbocycles. The Balaban J connectivity index is 2.82. The molecule has 0 aliphatic heterocycles. The quantitative estimate of drug-likeness (QED) is 0.137. The van der Waals surface area contributed by atoms with Gasteiger partial charge in [-0.2, -0.15) is 0 Å². The Morgan fingerprint density at radius 3 is 1.82 bits per heavy atom. The summed E-state index contributed by atoms with van der Waals surface area (Å²) in [5, 5.41) is 42.8. The van der Waals surface area contributed by atoms with Crippen LogP contribution in [0.3, 0.4) is 0 Å². The Bertz CT molecular complexity index is 834. The number of carboxylic acid groups (broad SMARTS) is 2. The average Bonchev–Trinajstić information content (AvgIpc) is 2.78. The first-order chi connectivity index (χ1) is 15.6. The van der Waals surface area contributed by atoms with Gasteiger partial charge in [0.1, 0.15) is 18.1 Å². The van der Waals surface area contributed by atoms with Gasteiger partial charge in [0.25, 0.3) is 0 Å². The minimum atomic E-state index is -1.67. The van der Waals surface area contributed by atoms with Gasteiger partial charge in [0, 0.05) is 6.42 Å². The zero-order valence-corrected chi connectivity index (χ0v) is 17.6. The molecule has 13 nitrogen and oxygen atoms in total. The van der Waals surface area contributed by atoms with Gasteiger partial charge in [-0.15, -0.1) is 0 Å². The summed E-state index contributed by atoms with van der Waals surface area (Å²) in [6.07, 6.45) is -0.800. The molecule has 33 heavy (non-hydrogen) atoms. The molecule has 4 atom stereocenters. The van der Waals surface area contributed by atoms with Crippen molar-refractivity contribution in [2.45, 2.75) is 43.4 Å². The lowest BCUT2D eigenvalue weighted by Crippen LogP contribution is -2.58. The SMILES string of the molecule is NC(Cc1ccccc1)C(=O)NC(CO)C(=O)NC(CCC(=O)O)C(=O)NC(CO)C(=O)O. The van der Waals surface area contributed by atoms with Crippen molar-refractivity contribution in [3.63, 3.8) is 0 Å². The molecule has 9 N–H and O–H groups in total. The second-order valence-corrected chi connectivity index (χ2v) is 7.12. The molecule has 0 aliphatic rings. The van der Waals surface area contributed by atoms with Gasteiger partial charge < -0.3 is 42.1 Å². The molecule has 13 heteroatoms. The molecule has 1 aromatic rings. The van der Waals surface area contributed by atoms with Crippen LogP contribution >= 0.6 is 0 Å². The van der Waals surface area contributed by atoms with E-state index in [9.17, 15) is 29.1 Å². The minimum absolute atomic E-state index is 0.161. The summed E-state index contributed by atoms with van der Waals surface area (Å²) in [5.74, 6) is -5.64. The van der Waals surface area contributed by atoms with E-state index in [0.717, 1.165) is 5.56 Å². The van der Waals surface area contributed by atoms with Crippen molar-refractivity contribution < 1.29 is 44.4 Å². The Morgan fingerprint density at radius 1 is 0.788 bits per heavy atom. The number of benzene rings is 1. The summed E-state index contributed by atoms with van der Waals surface area (Å²) in [4.78, 5) is 59.1. The third-order valence-electron chi connectivity index (χ3n) is 4.53. The summed E-state index contributed by atoms with van der Waals surface area (Å²) < 4.78 is 0. The summed E-state index contributed by atoms with van der Waals surface area (Å²) in [6.45, 7) is -1.79. The number of aliphatic carboxylic acids is 2. The fourth-order valence-electron chi connectivity index (χ4n) is 2.70. The summed E-state index contributed by atoms with van der Waals surface area (Å²) in [5.41, 5.74) is 6.62. The van der Waals surface area contributed by atoms with Crippen LogP contribution < -0.4 is 21.7 Å². The minimum Gasteiger partial charge on any atom is -0.481 e. The topological polar surface area (TPSA) is 228 Å². The Labute approximate surface area is 189 Å². The number of hydrogen-bond donors (Lipinski definition) is 8. The van der Waals surface area contributed by atoms with Crippen LogP contribution in [0.4, 0.5) is 0 Å². The summed E-state index contributed by atoms with van der Waals surface area (Å²) in [6, 6.07) is 3.09. The maximum absolute atomic E-state index is 12.5. The zero-order chi connectivity index (χ0) is 25.0. The predicted octanol–water partition coefficient (Wildman–Crippen LogP) is -3.06. The predicted molar refractivity (Wildman–Crippen MR) is 113 cm³/mol. The average molecular weight is 468 g/mol. The maximum Gasteiger partial charge on any atom is 0.328 e. The highest BCUT2D eigenvalue weighted by atomic mass is 16.4. The van der Waals surface area contributed by atoms with Gasteiger partial charge in [-0.3, -0.25) is 19.2 Å². The van der Waals surface area contributed by atoms with E-state index in [-0.39, 0.29) is 6.42 Å². The molecule has 0 radical (unpaired) electrons. The molecule has 4 unspecified atom stereocenters. The molecule has 0 bridgehead atoms. The van der Waals surface area contributed by atoms with Gasteiger partial charge in [0.05, 0.1) is 19.3 Å². The van der Waals surface area contributed by atoms with E-state index in [1.165, 1.54) is 0 Å². The Hall–Kier alpha value is -3.55. The molecular weight excluding hydrogens is 440 g/mol. The van der Waals surface area contributed by atoms with E-state index in [2.05, 4.69) is 10.6 Å². The van der Waals surface area contributed by atoms with Crippen LogP contribution in [0.2, 0.25) is 0 Å². The fourth-order valence-corrected chi connectivity index (χ4v) is 2.70. The third-order valence-corrected chi connectivity index (χ3v) is 4.53. The highest BCUT2D eigenvalue weighted by molar-refractivity contribution is 5.94. The van der Waals surface area contributed by atoms with E-state index in [0.29, 0.717) is 0 Å². The highest BCUT2D eigenvalue weighted by Gasteiger charge is 2.30. The number of carbonyl (C=O) groups excluding carboxylic acids is 3. The number of rotatable bonds is 14. The molecular formula is C20H28N4O9. The normalized spacial score (nSPS) is 14.3. The Morgan fingerprint density at radius 2 is 1.30 bits per heavy atom. The van der Waals surface area contributed by atoms with Crippen LogP contribution in [0.15, 0.2) is 30.3 Å². The van der Waals surface area contributed by atoms with Gasteiger partial charge in [-0.1, -0.05) is 30.3 Å². The number of nitrogens with two attached hydrogens (primary N) is 1. The largest absolute Gasteiger partial charge is 0.481 e. The first-order valence-corrected chi connectivity index (χ1v) is 9.96. The van der Waals surface area contributed by atoms with Gasteiger partial charge in [0.15, 0.2) is 0 Å². The molecule has 1 rings (SSSR count). The van der Waals surface area contributed by atoms with E-state index < -0.39 is 79.9 Å². The van der Waals surface area contributed by atoms with E-state index >= 15 is 0 Å². The lowest BCUT2D eigenvalue weighted by molar-refractivity contribution is -0.144. The van der Waals surface area contributed by atoms with Crippen molar-refractivity contribution in [3.05, 3.63) is 35.9 Å². The molecule has 0 saturated heterocycles. The van der Waals surface area contributed by atoms with Crippen molar-refractivity contribution in [1.29, 1.82) is 0 Å². The van der Waals surface area contributed by atoms with Crippen LogP contribution in [0.25, 0.3) is 0 Å². The van der Waals surface area contributed by atoms with Crippen molar-refractivity contribution in [3.8, 4) is 0 Å². The number of aliphatic hydroxyl groups excluding tert-OH is 2. The van der Waals surface area contributed by atoms with Crippen molar-refractivity contribution in [2.75, 3.05) is 13.2 Å². The lowest BCUT2D eigenvalue weighted by Gasteiger charge is -2.24. The number of nitrogens with one attached hydrogen (secondary N) is 3. The first kappa shape index (κ1) is 27.5. The molecule has 0 spiro atoms. The van der Waals surface area contributed by atoms with E-state index in [1.54, 1.807) is 30.3 Å². The molecule has 0 fully saturated rings.